The van der Waals surface area contributed by atoms with Gasteiger partial charge in [-0.2, -0.15) is 0 Å². The molecule has 0 atom stereocenters. The minimum atomic E-state index is -3.33. The maximum atomic E-state index is 12.3. The largest absolute Gasteiger partial charge is 0.378 e. The predicted molar refractivity (Wildman–Crippen MR) is 97.5 cm³/mol. The van der Waals surface area contributed by atoms with Crippen LogP contribution in [0.1, 0.15) is 24.2 Å². The van der Waals surface area contributed by atoms with Crippen molar-refractivity contribution < 1.29 is 13.2 Å². The summed E-state index contributed by atoms with van der Waals surface area (Å²) in [5, 5.41) is 2.31. The number of benzene rings is 2. The van der Waals surface area contributed by atoms with Crippen molar-refractivity contribution in [3.8, 4) is 0 Å². The summed E-state index contributed by atoms with van der Waals surface area (Å²) in [6, 6.07) is 13.5. The molecule has 0 aliphatic heterocycles. The fourth-order valence-corrected chi connectivity index (χ4v) is 3.17. The molecule has 0 aromatic heterocycles. The molecule has 0 aliphatic carbocycles. The van der Waals surface area contributed by atoms with Gasteiger partial charge in [-0.3, -0.25) is 4.79 Å². The highest BCUT2D eigenvalue weighted by Crippen LogP contribution is 2.19. The van der Waals surface area contributed by atoms with Crippen molar-refractivity contribution in [2.45, 2.75) is 24.0 Å². The van der Waals surface area contributed by atoms with Gasteiger partial charge in [0.25, 0.3) is 5.91 Å². The van der Waals surface area contributed by atoms with Gasteiger partial charge < -0.3 is 10.2 Å². The van der Waals surface area contributed by atoms with Crippen LogP contribution in [-0.4, -0.2) is 33.7 Å². The van der Waals surface area contributed by atoms with Crippen LogP contribution in [0.25, 0.3) is 0 Å². The van der Waals surface area contributed by atoms with Gasteiger partial charge in [0.15, 0.2) is 9.84 Å². The van der Waals surface area contributed by atoms with E-state index >= 15 is 0 Å². The van der Waals surface area contributed by atoms with Crippen LogP contribution in [0, 0.1) is 0 Å². The molecule has 2 aromatic carbocycles. The lowest BCUT2D eigenvalue weighted by molar-refractivity contribution is 0.102. The number of hydrogen-bond donors (Lipinski definition) is 1. The highest BCUT2D eigenvalue weighted by molar-refractivity contribution is 7.92. The van der Waals surface area contributed by atoms with Crippen molar-refractivity contribution in [3.05, 3.63) is 54.1 Å². The van der Waals surface area contributed by atoms with Crippen LogP contribution in [-0.2, 0) is 9.84 Å². The average Bonchev–Trinajstić information content (AvgIpc) is 2.55. The number of sulfone groups is 1. The van der Waals surface area contributed by atoms with Gasteiger partial charge >= 0.3 is 0 Å². The van der Waals surface area contributed by atoms with Crippen molar-refractivity contribution in [2.24, 2.45) is 0 Å². The topological polar surface area (TPSA) is 66.5 Å². The number of nitrogens with one attached hydrogen (secondary N) is 1. The summed E-state index contributed by atoms with van der Waals surface area (Å²) < 4.78 is 24.2. The van der Waals surface area contributed by atoms with Gasteiger partial charge in [-0.25, -0.2) is 8.42 Å². The average molecular weight is 346 g/mol. The Bertz CT molecular complexity index is 808. The molecule has 1 amide bonds. The van der Waals surface area contributed by atoms with E-state index < -0.39 is 15.1 Å². The van der Waals surface area contributed by atoms with Gasteiger partial charge in [0, 0.05) is 31.0 Å². The van der Waals surface area contributed by atoms with Gasteiger partial charge in [0.2, 0.25) is 0 Å². The molecule has 0 bridgehead atoms. The highest BCUT2D eigenvalue weighted by atomic mass is 32.2. The molecule has 2 aromatic rings. The number of anilines is 2. The molecular weight excluding hydrogens is 324 g/mol. The molecule has 24 heavy (non-hydrogen) atoms. The van der Waals surface area contributed by atoms with E-state index in [1.807, 2.05) is 43.3 Å². The third kappa shape index (κ3) is 3.94. The lowest BCUT2D eigenvalue weighted by atomic mass is 10.2. The fraction of sp³-hybridized carbons (Fsp3) is 0.278. The molecular formula is C18H22N2O3S. The van der Waals surface area contributed by atoms with Gasteiger partial charge in [0.1, 0.15) is 0 Å². The van der Waals surface area contributed by atoms with Crippen molar-refractivity contribution in [3.63, 3.8) is 0 Å². The van der Waals surface area contributed by atoms with E-state index in [2.05, 4.69) is 5.32 Å². The van der Waals surface area contributed by atoms with Crippen LogP contribution in [0.3, 0.4) is 0 Å². The maximum Gasteiger partial charge on any atom is 0.255 e. The van der Waals surface area contributed by atoms with Crippen molar-refractivity contribution >= 4 is 27.1 Å². The lowest BCUT2D eigenvalue weighted by Gasteiger charge is -2.13. The van der Waals surface area contributed by atoms with Crippen LogP contribution in [0.15, 0.2) is 53.4 Å². The zero-order valence-corrected chi connectivity index (χ0v) is 15.1. The molecule has 0 aliphatic rings. The third-order valence-corrected chi connectivity index (χ3v) is 5.88. The Labute approximate surface area is 143 Å². The molecule has 0 saturated heterocycles. The van der Waals surface area contributed by atoms with Gasteiger partial charge in [-0.15, -0.1) is 0 Å². The van der Waals surface area contributed by atoms with Crippen molar-refractivity contribution in [1.29, 1.82) is 0 Å². The minimum Gasteiger partial charge on any atom is -0.378 e. The Kier molecular flexibility index (Phi) is 5.29. The lowest BCUT2D eigenvalue weighted by Crippen LogP contribution is -2.15. The first-order valence-corrected chi connectivity index (χ1v) is 9.19. The maximum absolute atomic E-state index is 12.3. The van der Waals surface area contributed by atoms with E-state index in [4.69, 9.17) is 0 Å². The molecule has 128 valence electrons. The van der Waals surface area contributed by atoms with E-state index in [0.717, 1.165) is 5.69 Å². The van der Waals surface area contributed by atoms with E-state index in [9.17, 15) is 13.2 Å². The highest BCUT2D eigenvalue weighted by Gasteiger charge is 2.19. The number of carbonyl (C=O) groups excluding carboxylic acids is 1. The van der Waals surface area contributed by atoms with E-state index in [1.165, 1.54) is 24.3 Å². The van der Waals surface area contributed by atoms with E-state index in [-0.39, 0.29) is 10.8 Å². The van der Waals surface area contributed by atoms with Gasteiger partial charge in [-0.1, -0.05) is 0 Å². The first-order chi connectivity index (χ1) is 11.2. The quantitative estimate of drug-likeness (QED) is 0.903. The number of carbonyl (C=O) groups is 1. The fourth-order valence-electron chi connectivity index (χ4n) is 2.11. The standard InChI is InChI=1S/C18H22N2O3S/c1-13(2)24(22,23)17-11-5-14(6-12-17)18(21)19-15-7-9-16(10-8-15)20(3)4/h5-13H,1-4H3,(H,19,21). The van der Waals surface area contributed by atoms with Gasteiger partial charge in [-0.05, 0) is 62.4 Å². The summed E-state index contributed by atoms with van der Waals surface area (Å²) in [5.74, 6) is -0.277. The molecule has 0 heterocycles. The molecule has 5 nitrogen and oxygen atoms in total. The van der Waals surface area contributed by atoms with Crippen molar-refractivity contribution in [1.82, 2.24) is 0 Å². The number of hydrogen-bond acceptors (Lipinski definition) is 4. The summed E-state index contributed by atoms with van der Waals surface area (Å²) in [5.41, 5.74) is 2.13. The second-order valence-electron chi connectivity index (χ2n) is 6.01. The zero-order chi connectivity index (χ0) is 17.9. The minimum absolute atomic E-state index is 0.226. The first-order valence-electron chi connectivity index (χ1n) is 7.64. The summed E-state index contributed by atoms with van der Waals surface area (Å²) in [4.78, 5) is 14.5. The van der Waals surface area contributed by atoms with Crippen LogP contribution < -0.4 is 10.2 Å². The second-order valence-corrected chi connectivity index (χ2v) is 8.52. The Morgan fingerprint density at radius 3 is 1.96 bits per heavy atom. The Balaban J connectivity index is 2.13. The number of amides is 1. The second kappa shape index (κ2) is 7.05. The SMILES string of the molecule is CC(C)S(=O)(=O)c1ccc(C(=O)Nc2ccc(N(C)C)cc2)cc1. The predicted octanol–water partition coefficient (Wildman–Crippen LogP) is 3.19. The van der Waals surface area contributed by atoms with Crippen molar-refractivity contribution in [2.75, 3.05) is 24.3 Å². The third-order valence-electron chi connectivity index (χ3n) is 3.71. The molecule has 2 rings (SSSR count). The number of rotatable bonds is 5. The van der Waals surface area contributed by atoms with E-state index in [1.54, 1.807) is 13.8 Å². The van der Waals surface area contributed by atoms with Crippen LogP contribution in [0.5, 0.6) is 0 Å². The number of nitrogens with zero attached hydrogens (tertiary/aromatic N) is 1. The molecule has 0 fully saturated rings. The molecule has 0 unspecified atom stereocenters. The Morgan fingerprint density at radius 1 is 0.958 bits per heavy atom. The summed E-state index contributed by atoms with van der Waals surface area (Å²) in [6.07, 6.45) is 0. The summed E-state index contributed by atoms with van der Waals surface area (Å²) in [6.45, 7) is 3.26. The molecule has 0 spiro atoms. The molecule has 0 saturated carbocycles. The van der Waals surface area contributed by atoms with E-state index in [0.29, 0.717) is 11.3 Å². The summed E-state index contributed by atoms with van der Waals surface area (Å²) in [7, 11) is 0.562. The van der Waals surface area contributed by atoms with Crippen LogP contribution in [0.4, 0.5) is 11.4 Å². The van der Waals surface area contributed by atoms with Crippen LogP contribution in [0.2, 0.25) is 0 Å². The van der Waals surface area contributed by atoms with Gasteiger partial charge in [0.05, 0.1) is 10.1 Å². The summed E-state index contributed by atoms with van der Waals surface area (Å²) >= 11 is 0. The molecule has 0 radical (unpaired) electrons. The molecule has 6 heteroatoms. The molecule has 1 N–H and O–H groups in total. The Hall–Kier alpha value is -2.34. The van der Waals surface area contributed by atoms with Crippen LogP contribution >= 0.6 is 0 Å². The Morgan fingerprint density at radius 2 is 1.50 bits per heavy atom. The smallest absolute Gasteiger partial charge is 0.255 e. The zero-order valence-electron chi connectivity index (χ0n) is 14.3. The first kappa shape index (κ1) is 18.0. The monoisotopic (exact) mass is 346 g/mol. The normalized spacial score (nSPS) is 11.4.